The molecule has 0 spiro atoms. The Bertz CT molecular complexity index is 300. The van der Waals surface area contributed by atoms with Crippen molar-refractivity contribution in [3.8, 4) is 0 Å². The zero-order chi connectivity index (χ0) is 11.1. The van der Waals surface area contributed by atoms with Gasteiger partial charge in [-0.2, -0.15) is 0 Å². The first kappa shape index (κ1) is 11.5. The van der Waals surface area contributed by atoms with E-state index in [1.165, 1.54) is 4.90 Å². The first-order chi connectivity index (χ1) is 7.24. The fraction of sp³-hybridized carbons (Fsp3) is 0.364. The van der Waals surface area contributed by atoms with Gasteiger partial charge in [0.15, 0.2) is 0 Å². The van der Waals surface area contributed by atoms with Crippen LogP contribution in [0.2, 0.25) is 0 Å². The molecule has 0 aliphatic rings. The summed E-state index contributed by atoms with van der Waals surface area (Å²) in [5, 5.41) is 8.93. The van der Waals surface area contributed by atoms with E-state index >= 15 is 0 Å². The molecule has 0 atom stereocenters. The third kappa shape index (κ3) is 3.99. The van der Waals surface area contributed by atoms with Crippen molar-refractivity contribution >= 4 is 6.09 Å². The fourth-order valence-electron chi connectivity index (χ4n) is 1.25. The zero-order valence-corrected chi connectivity index (χ0v) is 8.72. The predicted molar refractivity (Wildman–Crippen MR) is 56.8 cm³/mol. The van der Waals surface area contributed by atoms with Crippen molar-refractivity contribution in [3.63, 3.8) is 0 Å². The lowest BCUT2D eigenvalue weighted by atomic mass is 10.2. The molecule has 1 N–H and O–H groups in total. The van der Waals surface area contributed by atoms with Crippen molar-refractivity contribution in [1.29, 1.82) is 0 Å². The summed E-state index contributed by atoms with van der Waals surface area (Å²) in [6.07, 6.45) is -0.920. The maximum Gasteiger partial charge on any atom is 0.407 e. The summed E-state index contributed by atoms with van der Waals surface area (Å²) in [5.41, 5.74) is 0.982. The first-order valence-electron chi connectivity index (χ1n) is 4.74. The van der Waals surface area contributed by atoms with Crippen molar-refractivity contribution < 1.29 is 14.6 Å². The summed E-state index contributed by atoms with van der Waals surface area (Å²) in [7, 11) is 1.56. The van der Waals surface area contributed by atoms with E-state index in [-0.39, 0.29) is 0 Å². The molecule has 1 aromatic rings. The highest BCUT2D eigenvalue weighted by Gasteiger charge is 2.11. The zero-order valence-electron chi connectivity index (χ0n) is 8.72. The Balaban J connectivity index is 2.55. The van der Waals surface area contributed by atoms with Crippen LogP contribution in [0.4, 0.5) is 4.79 Å². The standard InChI is InChI=1S/C11H15NO3/c1-15-8-7-12(11(13)14)9-10-5-3-2-4-6-10/h2-6H,7-9H2,1H3,(H,13,14). The van der Waals surface area contributed by atoms with Crippen molar-refractivity contribution in [2.75, 3.05) is 20.3 Å². The number of rotatable bonds is 5. The van der Waals surface area contributed by atoms with E-state index in [2.05, 4.69) is 0 Å². The van der Waals surface area contributed by atoms with Crippen LogP contribution >= 0.6 is 0 Å². The fourth-order valence-corrected chi connectivity index (χ4v) is 1.25. The van der Waals surface area contributed by atoms with Crippen LogP contribution in [0.1, 0.15) is 5.56 Å². The minimum Gasteiger partial charge on any atom is -0.465 e. The molecule has 0 saturated carbocycles. The molecule has 0 fully saturated rings. The van der Waals surface area contributed by atoms with E-state index < -0.39 is 6.09 Å². The van der Waals surface area contributed by atoms with Crippen LogP contribution in [0.3, 0.4) is 0 Å². The number of hydrogen-bond donors (Lipinski definition) is 1. The van der Waals surface area contributed by atoms with Crippen LogP contribution in [-0.2, 0) is 11.3 Å². The van der Waals surface area contributed by atoms with Gasteiger partial charge in [0, 0.05) is 20.2 Å². The van der Waals surface area contributed by atoms with Gasteiger partial charge in [0.05, 0.1) is 6.61 Å². The number of amides is 1. The third-order valence-electron chi connectivity index (χ3n) is 2.05. The van der Waals surface area contributed by atoms with Gasteiger partial charge >= 0.3 is 6.09 Å². The van der Waals surface area contributed by atoms with Gasteiger partial charge in [0.1, 0.15) is 0 Å². The van der Waals surface area contributed by atoms with Crippen molar-refractivity contribution in [1.82, 2.24) is 4.90 Å². The molecular weight excluding hydrogens is 194 g/mol. The Labute approximate surface area is 89.1 Å². The van der Waals surface area contributed by atoms with Crippen molar-refractivity contribution in [3.05, 3.63) is 35.9 Å². The minimum absolute atomic E-state index is 0.390. The van der Waals surface area contributed by atoms with Crippen LogP contribution in [0.5, 0.6) is 0 Å². The molecule has 4 nitrogen and oxygen atoms in total. The molecule has 4 heteroatoms. The number of nitrogens with zero attached hydrogens (tertiary/aromatic N) is 1. The Morgan fingerprint density at radius 3 is 2.60 bits per heavy atom. The molecule has 0 heterocycles. The van der Waals surface area contributed by atoms with Crippen LogP contribution in [-0.4, -0.2) is 36.4 Å². The lowest BCUT2D eigenvalue weighted by Crippen LogP contribution is -2.31. The Hall–Kier alpha value is -1.55. The molecule has 0 radical (unpaired) electrons. The van der Waals surface area contributed by atoms with E-state index in [1.54, 1.807) is 7.11 Å². The van der Waals surface area contributed by atoms with Crippen molar-refractivity contribution in [2.24, 2.45) is 0 Å². The van der Waals surface area contributed by atoms with Crippen LogP contribution < -0.4 is 0 Å². The lowest BCUT2D eigenvalue weighted by Gasteiger charge is -2.18. The number of methoxy groups -OCH3 is 1. The largest absolute Gasteiger partial charge is 0.465 e. The Kier molecular flexibility index (Phi) is 4.63. The topological polar surface area (TPSA) is 49.8 Å². The average molecular weight is 209 g/mol. The highest BCUT2D eigenvalue weighted by molar-refractivity contribution is 5.64. The van der Waals surface area contributed by atoms with Gasteiger partial charge in [-0.1, -0.05) is 30.3 Å². The summed E-state index contributed by atoms with van der Waals surface area (Å²) >= 11 is 0. The summed E-state index contributed by atoms with van der Waals surface area (Å²) in [5.74, 6) is 0. The molecule has 0 aromatic heterocycles. The predicted octanol–water partition coefficient (Wildman–Crippen LogP) is 1.81. The summed E-state index contributed by atoms with van der Waals surface area (Å²) < 4.78 is 4.86. The van der Waals surface area contributed by atoms with Crippen LogP contribution in [0, 0.1) is 0 Å². The van der Waals surface area contributed by atoms with E-state index in [9.17, 15) is 4.79 Å². The molecular formula is C11H15NO3. The van der Waals surface area contributed by atoms with E-state index in [4.69, 9.17) is 9.84 Å². The molecule has 82 valence electrons. The normalized spacial score (nSPS) is 9.93. The SMILES string of the molecule is COCCN(Cc1ccccc1)C(=O)O. The molecule has 1 amide bonds. The highest BCUT2D eigenvalue weighted by atomic mass is 16.5. The lowest BCUT2D eigenvalue weighted by molar-refractivity contribution is 0.115. The second-order valence-corrected chi connectivity index (χ2v) is 3.18. The smallest absolute Gasteiger partial charge is 0.407 e. The van der Waals surface area contributed by atoms with E-state index in [0.29, 0.717) is 19.7 Å². The third-order valence-corrected chi connectivity index (χ3v) is 2.05. The Morgan fingerprint density at radius 2 is 2.07 bits per heavy atom. The molecule has 0 bridgehead atoms. The number of hydrogen-bond acceptors (Lipinski definition) is 2. The van der Waals surface area contributed by atoms with E-state index in [1.807, 2.05) is 30.3 Å². The van der Waals surface area contributed by atoms with Gasteiger partial charge in [-0.25, -0.2) is 4.79 Å². The van der Waals surface area contributed by atoms with Crippen LogP contribution in [0.25, 0.3) is 0 Å². The van der Waals surface area contributed by atoms with Crippen LogP contribution in [0.15, 0.2) is 30.3 Å². The number of ether oxygens (including phenoxy) is 1. The maximum absolute atomic E-state index is 10.9. The average Bonchev–Trinajstić information content (AvgIpc) is 2.25. The molecule has 1 rings (SSSR count). The first-order valence-corrected chi connectivity index (χ1v) is 4.74. The van der Waals surface area contributed by atoms with Gasteiger partial charge in [-0.3, -0.25) is 0 Å². The number of benzene rings is 1. The molecule has 0 unspecified atom stereocenters. The van der Waals surface area contributed by atoms with Gasteiger partial charge in [-0.15, -0.1) is 0 Å². The molecule has 0 saturated heterocycles. The molecule has 15 heavy (non-hydrogen) atoms. The second-order valence-electron chi connectivity index (χ2n) is 3.18. The number of carboxylic acid groups (broad SMARTS) is 1. The quantitative estimate of drug-likeness (QED) is 0.804. The maximum atomic E-state index is 10.9. The van der Waals surface area contributed by atoms with Crippen molar-refractivity contribution in [2.45, 2.75) is 6.54 Å². The highest BCUT2D eigenvalue weighted by Crippen LogP contribution is 2.04. The second kappa shape index (κ2) is 6.03. The van der Waals surface area contributed by atoms with Gasteiger partial charge in [0.2, 0.25) is 0 Å². The molecule has 1 aromatic carbocycles. The van der Waals surface area contributed by atoms with Gasteiger partial charge < -0.3 is 14.7 Å². The molecule has 0 aliphatic heterocycles. The van der Waals surface area contributed by atoms with E-state index in [0.717, 1.165) is 5.56 Å². The monoisotopic (exact) mass is 209 g/mol. The van der Waals surface area contributed by atoms with Gasteiger partial charge in [-0.05, 0) is 5.56 Å². The summed E-state index contributed by atoms with van der Waals surface area (Å²) in [4.78, 5) is 12.2. The summed E-state index contributed by atoms with van der Waals surface area (Å²) in [6.45, 7) is 1.21. The number of carbonyl (C=O) groups is 1. The Morgan fingerprint density at radius 1 is 1.40 bits per heavy atom. The minimum atomic E-state index is -0.920. The molecule has 0 aliphatic carbocycles. The summed E-state index contributed by atoms with van der Waals surface area (Å²) in [6, 6.07) is 9.51. The van der Waals surface area contributed by atoms with Gasteiger partial charge in [0.25, 0.3) is 0 Å².